The monoisotopic (exact) mass is 410 g/mol. The molecule has 29 heavy (non-hydrogen) atoms. The Balaban J connectivity index is 1.43. The van der Waals surface area contributed by atoms with Gasteiger partial charge in [-0.2, -0.15) is 0 Å². The van der Waals surface area contributed by atoms with Crippen molar-refractivity contribution in [1.29, 1.82) is 0 Å². The van der Waals surface area contributed by atoms with E-state index in [1.165, 1.54) is 0 Å². The molecule has 1 N–H and O–H groups in total. The van der Waals surface area contributed by atoms with Crippen molar-refractivity contribution in [3.8, 4) is 0 Å². The first-order chi connectivity index (χ1) is 14.1. The zero-order chi connectivity index (χ0) is 20.2. The van der Waals surface area contributed by atoms with Crippen LogP contribution in [0.3, 0.4) is 0 Å². The number of carboxylic acid groups (broad SMARTS) is 1. The Bertz CT molecular complexity index is 1000. The van der Waals surface area contributed by atoms with Crippen LogP contribution in [0.5, 0.6) is 0 Å². The second kappa shape index (κ2) is 8.80. The number of nitrogens with zero attached hydrogens (tertiary/aromatic N) is 2. The summed E-state index contributed by atoms with van der Waals surface area (Å²) >= 11 is 6.06. The third-order valence-electron chi connectivity index (χ3n) is 5.34. The van der Waals surface area contributed by atoms with E-state index in [4.69, 9.17) is 16.0 Å². The molecular weight excluding hydrogens is 388 g/mol. The van der Waals surface area contributed by atoms with Crippen molar-refractivity contribution in [1.82, 2.24) is 9.88 Å². The lowest BCUT2D eigenvalue weighted by atomic mass is 9.97. The third kappa shape index (κ3) is 4.86. The molecule has 1 saturated heterocycles. The lowest BCUT2D eigenvalue weighted by molar-refractivity contribution is 0.0693. The van der Waals surface area contributed by atoms with Gasteiger partial charge in [-0.05, 0) is 48.7 Å². The van der Waals surface area contributed by atoms with Gasteiger partial charge in [0.2, 0.25) is 0 Å². The van der Waals surface area contributed by atoms with Crippen molar-refractivity contribution in [2.75, 3.05) is 13.1 Å². The van der Waals surface area contributed by atoms with Crippen molar-refractivity contribution in [3.05, 3.63) is 88.1 Å². The number of carbonyl (C=O) groups is 1. The van der Waals surface area contributed by atoms with Gasteiger partial charge in [-0.1, -0.05) is 41.9 Å². The fraction of sp³-hybridized carbons (Fsp3) is 0.304. The SMILES string of the molecule is O=C(O)c1ccccc1CN1CCCC(c2ncc(Cc3cccc(Cl)c3)o2)C1. The zero-order valence-electron chi connectivity index (χ0n) is 16.1. The molecule has 2 aromatic carbocycles. The number of likely N-dealkylation sites (tertiary alicyclic amines) is 1. The molecule has 0 aliphatic carbocycles. The van der Waals surface area contributed by atoms with Gasteiger partial charge in [-0.25, -0.2) is 9.78 Å². The van der Waals surface area contributed by atoms with Crippen molar-refractivity contribution >= 4 is 17.6 Å². The molecular formula is C23H23ClN2O3. The highest BCUT2D eigenvalue weighted by atomic mass is 35.5. The van der Waals surface area contributed by atoms with Gasteiger partial charge in [0, 0.05) is 30.5 Å². The van der Waals surface area contributed by atoms with E-state index >= 15 is 0 Å². The highest BCUT2D eigenvalue weighted by molar-refractivity contribution is 6.30. The zero-order valence-corrected chi connectivity index (χ0v) is 16.8. The maximum Gasteiger partial charge on any atom is 0.336 e. The first-order valence-electron chi connectivity index (χ1n) is 9.81. The number of halogens is 1. The van der Waals surface area contributed by atoms with Gasteiger partial charge in [-0.15, -0.1) is 0 Å². The van der Waals surface area contributed by atoms with E-state index in [1.54, 1.807) is 18.3 Å². The predicted molar refractivity (Wildman–Crippen MR) is 111 cm³/mol. The van der Waals surface area contributed by atoms with E-state index in [0.29, 0.717) is 23.6 Å². The van der Waals surface area contributed by atoms with Crippen LogP contribution >= 0.6 is 11.6 Å². The number of carboxylic acids is 1. The van der Waals surface area contributed by atoms with Crippen LogP contribution < -0.4 is 0 Å². The van der Waals surface area contributed by atoms with Gasteiger partial charge in [0.1, 0.15) is 5.76 Å². The number of oxazole rings is 1. The molecule has 1 aliphatic rings. The van der Waals surface area contributed by atoms with Gasteiger partial charge < -0.3 is 9.52 Å². The average molecular weight is 411 g/mol. The fourth-order valence-corrected chi connectivity index (χ4v) is 4.16. The number of hydrogen-bond donors (Lipinski definition) is 1. The first-order valence-corrected chi connectivity index (χ1v) is 10.2. The lowest BCUT2D eigenvalue weighted by Crippen LogP contribution is -2.34. The van der Waals surface area contributed by atoms with Crippen LogP contribution in [0.4, 0.5) is 0 Å². The Morgan fingerprint density at radius 3 is 2.93 bits per heavy atom. The quantitative estimate of drug-likeness (QED) is 0.619. The maximum absolute atomic E-state index is 11.5. The summed E-state index contributed by atoms with van der Waals surface area (Å²) in [6.45, 7) is 2.38. The summed E-state index contributed by atoms with van der Waals surface area (Å²) in [6.07, 6.45) is 4.52. The number of aromatic nitrogens is 1. The Kier molecular flexibility index (Phi) is 5.97. The summed E-state index contributed by atoms with van der Waals surface area (Å²) in [5, 5.41) is 10.1. The average Bonchev–Trinajstić information content (AvgIpc) is 3.17. The summed E-state index contributed by atoms with van der Waals surface area (Å²) in [6, 6.07) is 15.0. The summed E-state index contributed by atoms with van der Waals surface area (Å²) in [4.78, 5) is 18.3. The Hall–Kier alpha value is -2.63. The van der Waals surface area contributed by atoms with E-state index in [2.05, 4.69) is 9.88 Å². The molecule has 5 nitrogen and oxygen atoms in total. The van der Waals surface area contributed by atoms with Crippen LogP contribution in [0, 0.1) is 0 Å². The second-order valence-electron chi connectivity index (χ2n) is 7.51. The van der Waals surface area contributed by atoms with Crippen LogP contribution in [-0.4, -0.2) is 34.0 Å². The summed E-state index contributed by atoms with van der Waals surface area (Å²) in [7, 11) is 0. The van der Waals surface area contributed by atoms with Crippen LogP contribution in [0.1, 0.15) is 51.9 Å². The van der Waals surface area contributed by atoms with Gasteiger partial charge in [-0.3, -0.25) is 4.90 Å². The minimum atomic E-state index is -0.882. The summed E-state index contributed by atoms with van der Waals surface area (Å²) < 4.78 is 6.05. The molecule has 1 aliphatic heterocycles. The molecule has 1 fully saturated rings. The Morgan fingerprint density at radius 2 is 2.10 bits per heavy atom. The Labute approximate surface area is 174 Å². The maximum atomic E-state index is 11.5. The van der Waals surface area contributed by atoms with Gasteiger partial charge in [0.15, 0.2) is 5.89 Å². The molecule has 0 bridgehead atoms. The topological polar surface area (TPSA) is 66.6 Å². The van der Waals surface area contributed by atoms with E-state index in [0.717, 1.165) is 48.7 Å². The standard InChI is InChI=1S/C23H23ClN2O3/c24-19-8-3-5-16(11-19)12-20-13-25-22(29-20)18-7-4-10-26(15-18)14-17-6-1-2-9-21(17)23(27)28/h1-3,5-6,8-9,11,13,18H,4,7,10,12,14-15H2,(H,27,28). The molecule has 0 saturated carbocycles. The predicted octanol–water partition coefficient (Wildman–Crippen LogP) is 5.00. The summed E-state index contributed by atoms with van der Waals surface area (Å²) in [5.41, 5.74) is 2.31. The number of hydrogen-bond acceptors (Lipinski definition) is 4. The lowest BCUT2D eigenvalue weighted by Gasteiger charge is -2.31. The van der Waals surface area contributed by atoms with Crippen LogP contribution in [0.15, 0.2) is 59.1 Å². The molecule has 0 amide bonds. The van der Waals surface area contributed by atoms with Gasteiger partial charge in [0.05, 0.1) is 11.8 Å². The molecule has 1 aromatic heterocycles. The van der Waals surface area contributed by atoms with Crippen molar-refractivity contribution in [2.24, 2.45) is 0 Å². The largest absolute Gasteiger partial charge is 0.478 e. The molecule has 1 unspecified atom stereocenters. The highest BCUT2D eigenvalue weighted by Gasteiger charge is 2.26. The third-order valence-corrected chi connectivity index (χ3v) is 5.57. The molecule has 4 rings (SSSR count). The molecule has 6 heteroatoms. The smallest absolute Gasteiger partial charge is 0.336 e. The normalized spacial score (nSPS) is 17.3. The Morgan fingerprint density at radius 1 is 1.24 bits per heavy atom. The summed E-state index contributed by atoms with van der Waals surface area (Å²) in [5.74, 6) is 0.926. The molecule has 150 valence electrons. The van der Waals surface area contributed by atoms with E-state index in [9.17, 15) is 9.90 Å². The molecule has 0 radical (unpaired) electrons. The number of rotatable bonds is 6. The molecule has 2 heterocycles. The minimum Gasteiger partial charge on any atom is -0.478 e. The van der Waals surface area contributed by atoms with E-state index in [1.807, 2.05) is 36.4 Å². The second-order valence-corrected chi connectivity index (χ2v) is 7.94. The molecule has 1 atom stereocenters. The van der Waals surface area contributed by atoms with Crippen molar-refractivity contribution in [2.45, 2.75) is 31.7 Å². The number of aromatic carboxylic acids is 1. The van der Waals surface area contributed by atoms with Crippen LogP contribution in [-0.2, 0) is 13.0 Å². The highest BCUT2D eigenvalue weighted by Crippen LogP contribution is 2.28. The number of benzene rings is 2. The first kappa shape index (κ1) is 19.7. The van der Waals surface area contributed by atoms with E-state index < -0.39 is 5.97 Å². The van der Waals surface area contributed by atoms with Gasteiger partial charge in [0.25, 0.3) is 0 Å². The molecule has 0 spiro atoms. The van der Waals surface area contributed by atoms with Crippen LogP contribution in [0.25, 0.3) is 0 Å². The number of piperidine rings is 1. The van der Waals surface area contributed by atoms with Crippen molar-refractivity contribution in [3.63, 3.8) is 0 Å². The fourth-order valence-electron chi connectivity index (χ4n) is 3.95. The van der Waals surface area contributed by atoms with Crippen molar-refractivity contribution < 1.29 is 14.3 Å². The van der Waals surface area contributed by atoms with Crippen LogP contribution in [0.2, 0.25) is 5.02 Å². The van der Waals surface area contributed by atoms with Gasteiger partial charge >= 0.3 is 5.97 Å². The molecule has 3 aromatic rings. The minimum absolute atomic E-state index is 0.217. The van der Waals surface area contributed by atoms with E-state index in [-0.39, 0.29) is 5.92 Å².